The molecule has 0 saturated carbocycles. The Kier molecular flexibility index (Phi) is 24.3. The van der Waals surface area contributed by atoms with Crippen molar-refractivity contribution in [3.8, 4) is 22.3 Å². The predicted octanol–water partition coefficient (Wildman–Crippen LogP) is 17.4. The van der Waals surface area contributed by atoms with E-state index < -0.39 is 0 Å². The highest BCUT2D eigenvalue weighted by atomic mass is 79.9. The van der Waals surface area contributed by atoms with E-state index in [2.05, 4.69) is 356 Å². The van der Waals surface area contributed by atoms with Crippen molar-refractivity contribution in [3.63, 3.8) is 0 Å². The SMILES string of the molecule is CC(Cn1c2ccccc2c2ccccc21)N(C)C.CC(Cn1cc(-c2ccccc2)c2ccccc21)N(C)C.CC(Cn1cc(C=O)c2ccccc21)N(C)C.CC(Cn1ccc2ccc(-c3cccnc3)cc21)N(C)C.CC(Cn1ccc2ccc(Br)cc21)N(C)C. The molecule has 0 saturated heterocycles. The molecule has 0 spiro atoms. The van der Waals surface area contributed by atoms with Crippen LogP contribution in [0.15, 0.2) is 230 Å². The lowest BCUT2D eigenvalue weighted by Crippen LogP contribution is -2.29. The van der Waals surface area contributed by atoms with Gasteiger partial charge in [0.15, 0.2) is 6.29 Å². The van der Waals surface area contributed by atoms with E-state index in [-0.39, 0.29) is 0 Å². The van der Waals surface area contributed by atoms with Gasteiger partial charge < -0.3 is 47.3 Å². The van der Waals surface area contributed by atoms with E-state index >= 15 is 0 Å². The molecule has 12 nitrogen and oxygen atoms in total. The molecule has 13 aromatic rings. The zero-order valence-corrected chi connectivity index (χ0v) is 59.7. The van der Waals surface area contributed by atoms with Crippen LogP contribution < -0.4 is 0 Å². The molecular formula is C81H98BrN11O. The van der Waals surface area contributed by atoms with Crippen LogP contribution in [-0.2, 0) is 32.7 Å². The summed E-state index contributed by atoms with van der Waals surface area (Å²) < 4.78 is 12.8. The largest absolute Gasteiger partial charge is 0.346 e. The Labute approximate surface area is 567 Å². The number of halogens is 1. The van der Waals surface area contributed by atoms with Crippen LogP contribution in [0.1, 0.15) is 45.0 Å². The number of carbonyl (C=O) groups excluding carboxylic acids is 1. The molecule has 13 rings (SSSR count). The molecule has 6 aromatic heterocycles. The molecule has 0 aliphatic rings. The fraction of sp³-hybridized carbons (Fsp3) is 0.309. The number of aldehydes is 1. The van der Waals surface area contributed by atoms with Gasteiger partial charge in [-0.1, -0.05) is 143 Å². The monoisotopic (exact) mass is 1320 g/mol. The quantitative estimate of drug-likeness (QED) is 0.0793. The molecule has 0 N–H and O–H groups in total. The highest BCUT2D eigenvalue weighted by Gasteiger charge is 2.17. The van der Waals surface area contributed by atoms with Crippen molar-refractivity contribution in [3.05, 3.63) is 235 Å². The lowest BCUT2D eigenvalue weighted by Gasteiger charge is -2.21. The molecule has 6 heterocycles. The lowest BCUT2D eigenvalue weighted by atomic mass is 10.1. The summed E-state index contributed by atoms with van der Waals surface area (Å²) in [4.78, 5) is 26.4. The minimum atomic E-state index is 0.435. The second kappa shape index (κ2) is 32.6. The molecule has 0 radical (unpaired) electrons. The van der Waals surface area contributed by atoms with Crippen molar-refractivity contribution < 1.29 is 4.79 Å². The first-order chi connectivity index (χ1) is 45.2. The summed E-state index contributed by atoms with van der Waals surface area (Å²) in [5.41, 5.74) is 13.4. The second-order valence-corrected chi connectivity index (χ2v) is 27.2. The van der Waals surface area contributed by atoms with Crippen LogP contribution in [0.5, 0.6) is 0 Å². The van der Waals surface area contributed by atoms with E-state index in [1.165, 1.54) is 71.2 Å². The topological polar surface area (TPSA) is 70.8 Å². The van der Waals surface area contributed by atoms with Gasteiger partial charge in [-0.05, 0) is 188 Å². The first kappa shape index (κ1) is 69.9. The van der Waals surface area contributed by atoms with E-state index in [1.807, 2.05) is 42.9 Å². The van der Waals surface area contributed by atoms with Crippen molar-refractivity contribution >= 4 is 87.6 Å². The van der Waals surface area contributed by atoms with Gasteiger partial charge in [-0.2, -0.15) is 0 Å². The molecule has 0 bridgehead atoms. The average molecular weight is 1320 g/mol. The number of benzene rings is 7. The first-order valence-electron chi connectivity index (χ1n) is 32.9. The number of para-hydroxylation sites is 4. The van der Waals surface area contributed by atoms with Crippen LogP contribution in [0, 0.1) is 0 Å². The summed E-state index contributed by atoms with van der Waals surface area (Å²) in [7, 11) is 21.2. The van der Waals surface area contributed by atoms with Crippen LogP contribution in [0.4, 0.5) is 0 Å². The lowest BCUT2D eigenvalue weighted by molar-refractivity contribution is 0.112. The molecule has 94 heavy (non-hydrogen) atoms. The molecule has 5 unspecified atom stereocenters. The fourth-order valence-corrected chi connectivity index (χ4v) is 11.9. The van der Waals surface area contributed by atoms with Gasteiger partial charge in [0.25, 0.3) is 0 Å². The molecule has 13 heteroatoms. The number of carbonyl (C=O) groups is 1. The van der Waals surface area contributed by atoms with Crippen molar-refractivity contribution in [2.45, 2.75) is 97.6 Å². The van der Waals surface area contributed by atoms with Crippen LogP contribution in [-0.4, -0.2) is 159 Å². The number of fused-ring (bicyclic) bond motifs is 7. The van der Waals surface area contributed by atoms with Gasteiger partial charge in [0.2, 0.25) is 0 Å². The highest BCUT2D eigenvalue weighted by molar-refractivity contribution is 9.10. The normalized spacial score (nSPS) is 13.2. The van der Waals surface area contributed by atoms with Gasteiger partial charge in [-0.15, -0.1) is 0 Å². The third-order valence-corrected chi connectivity index (χ3v) is 19.2. The van der Waals surface area contributed by atoms with Gasteiger partial charge in [0.05, 0.1) is 0 Å². The number of hydrogen-bond acceptors (Lipinski definition) is 7. The number of aromatic nitrogens is 6. The third kappa shape index (κ3) is 17.3. The Morgan fingerprint density at radius 3 is 1.30 bits per heavy atom. The summed E-state index contributed by atoms with van der Waals surface area (Å²) in [6.07, 6.45) is 13.2. The summed E-state index contributed by atoms with van der Waals surface area (Å²) in [5.74, 6) is 0. The van der Waals surface area contributed by atoms with E-state index in [0.29, 0.717) is 30.2 Å². The number of likely N-dealkylation sites (N-methyl/N-ethyl adjacent to an activating group) is 5. The van der Waals surface area contributed by atoms with E-state index in [4.69, 9.17) is 0 Å². The van der Waals surface area contributed by atoms with E-state index in [1.54, 1.807) is 0 Å². The van der Waals surface area contributed by atoms with Crippen LogP contribution in [0.3, 0.4) is 0 Å². The maximum absolute atomic E-state index is 11.0. The van der Waals surface area contributed by atoms with Gasteiger partial charge in [0, 0.05) is 176 Å². The minimum absolute atomic E-state index is 0.435. The number of hydrogen-bond donors (Lipinski definition) is 0. The molecule has 7 aromatic carbocycles. The first-order valence-corrected chi connectivity index (χ1v) is 33.7. The fourth-order valence-electron chi connectivity index (χ4n) is 11.6. The van der Waals surface area contributed by atoms with Gasteiger partial charge in [-0.25, -0.2) is 0 Å². The van der Waals surface area contributed by atoms with E-state index in [0.717, 1.165) is 65.5 Å². The maximum Gasteiger partial charge on any atom is 0.152 e. The molecule has 0 fully saturated rings. The van der Waals surface area contributed by atoms with Gasteiger partial charge in [-0.3, -0.25) is 9.78 Å². The molecule has 0 aliphatic heterocycles. The number of pyridine rings is 1. The second-order valence-electron chi connectivity index (χ2n) is 26.3. The van der Waals surface area contributed by atoms with Gasteiger partial charge in [0.1, 0.15) is 0 Å². The Morgan fingerprint density at radius 1 is 0.383 bits per heavy atom. The Bertz CT molecular complexity index is 4460. The summed E-state index contributed by atoms with van der Waals surface area (Å²) in [6, 6.07) is 68.6. The van der Waals surface area contributed by atoms with E-state index in [9.17, 15) is 4.79 Å². The van der Waals surface area contributed by atoms with Crippen LogP contribution in [0.2, 0.25) is 0 Å². The highest BCUT2D eigenvalue weighted by Crippen LogP contribution is 2.33. The molecule has 490 valence electrons. The zero-order chi connectivity index (χ0) is 67.2. The Balaban J connectivity index is 0.000000139. The van der Waals surface area contributed by atoms with Crippen molar-refractivity contribution in [2.24, 2.45) is 0 Å². The number of rotatable bonds is 18. The van der Waals surface area contributed by atoms with Crippen molar-refractivity contribution in [1.82, 2.24) is 52.3 Å². The Hall–Kier alpha value is -8.40. The van der Waals surface area contributed by atoms with Crippen molar-refractivity contribution in [1.29, 1.82) is 0 Å². The Morgan fingerprint density at radius 2 is 0.798 bits per heavy atom. The van der Waals surface area contributed by atoms with Crippen LogP contribution >= 0.6 is 15.9 Å². The molecule has 5 atom stereocenters. The predicted molar refractivity (Wildman–Crippen MR) is 405 cm³/mol. The summed E-state index contributed by atoms with van der Waals surface area (Å²) in [5, 5.41) is 7.65. The van der Waals surface area contributed by atoms with Crippen LogP contribution in [0.25, 0.3) is 87.7 Å². The summed E-state index contributed by atoms with van der Waals surface area (Å²) in [6.45, 7) is 16.1. The number of nitrogens with zero attached hydrogens (tertiary/aromatic N) is 11. The third-order valence-electron chi connectivity index (χ3n) is 18.7. The maximum atomic E-state index is 11.0. The van der Waals surface area contributed by atoms with Crippen molar-refractivity contribution in [2.75, 3.05) is 70.5 Å². The molecular weight excluding hydrogens is 1220 g/mol. The standard InChI is InChI=1S/C19H22N2.C18H21N3.C17H20N2.C14H18N2O.C13H17BrN2/c1-15(20(2)3)13-21-14-18(16-9-5-4-6-10-16)17-11-7-8-12-19(17)21;1-14(20(2)3)13-21-10-8-15-6-7-16(11-18(15)21)17-5-4-9-19-12-17;1-13(18(2)3)12-19-16-10-6-4-8-14(16)15-9-5-7-11-17(15)19;1-11(15(2)3)8-16-9-12(10-17)13-6-4-5-7-14(13)16;1-10(15(2)3)9-16-7-6-11-4-5-12(14)8-13(11)16/h4-12,14-15H,13H2,1-3H3;4-12,14H,13H2,1-3H3;4-11,13H,12H2,1-3H3;4-7,9-11H,8H2,1-3H3;4-8,10H,9H2,1-3H3. The molecule has 0 amide bonds. The zero-order valence-electron chi connectivity index (χ0n) is 58.1. The molecule has 0 aliphatic carbocycles. The summed E-state index contributed by atoms with van der Waals surface area (Å²) >= 11 is 3.52. The van der Waals surface area contributed by atoms with Gasteiger partial charge >= 0.3 is 0 Å². The minimum Gasteiger partial charge on any atom is -0.346 e. The smallest absolute Gasteiger partial charge is 0.152 e. The average Bonchev–Trinajstić information content (AvgIpc) is 1.63.